The van der Waals surface area contributed by atoms with Crippen LogP contribution in [0.4, 0.5) is 5.95 Å². The highest BCUT2D eigenvalue weighted by atomic mass is 16.5. The molecule has 1 spiro atoms. The van der Waals surface area contributed by atoms with Crippen LogP contribution >= 0.6 is 0 Å². The fourth-order valence-corrected chi connectivity index (χ4v) is 3.35. The summed E-state index contributed by atoms with van der Waals surface area (Å²) in [5, 5.41) is 0. The zero-order valence-electron chi connectivity index (χ0n) is 12.7. The van der Waals surface area contributed by atoms with E-state index in [4.69, 9.17) is 4.74 Å². The highest BCUT2D eigenvalue weighted by Crippen LogP contribution is 2.41. The standard InChI is InChI=1S/C15H22N4O2/c1-18(2)13(20)12-9-15(11-21-12)5-3-8-19(10-15)14-16-6-4-7-17-14/h4,6-7,12H,3,5,8-11H2,1-2H3/t12-,15+/m0/s1. The van der Waals surface area contributed by atoms with Gasteiger partial charge < -0.3 is 14.5 Å². The van der Waals surface area contributed by atoms with Crippen molar-refractivity contribution in [1.29, 1.82) is 0 Å². The number of piperidine rings is 1. The minimum atomic E-state index is -0.295. The smallest absolute Gasteiger partial charge is 0.251 e. The second kappa shape index (κ2) is 5.60. The molecule has 1 aromatic rings. The van der Waals surface area contributed by atoms with Gasteiger partial charge in [-0.15, -0.1) is 0 Å². The van der Waals surface area contributed by atoms with E-state index >= 15 is 0 Å². The normalized spacial score (nSPS) is 28.9. The molecule has 0 unspecified atom stereocenters. The van der Waals surface area contributed by atoms with Gasteiger partial charge in [-0.05, 0) is 25.3 Å². The molecule has 3 heterocycles. The number of nitrogens with zero attached hydrogens (tertiary/aromatic N) is 4. The molecule has 0 N–H and O–H groups in total. The van der Waals surface area contributed by atoms with Crippen molar-refractivity contribution in [3.63, 3.8) is 0 Å². The van der Waals surface area contributed by atoms with Crippen LogP contribution in [-0.4, -0.2) is 60.7 Å². The minimum Gasteiger partial charge on any atom is -0.368 e. The number of rotatable bonds is 2. The van der Waals surface area contributed by atoms with Crippen LogP contribution in [0.5, 0.6) is 0 Å². The predicted octanol–water partition coefficient (Wildman–Crippen LogP) is 0.940. The largest absolute Gasteiger partial charge is 0.368 e. The van der Waals surface area contributed by atoms with Gasteiger partial charge in [-0.25, -0.2) is 9.97 Å². The van der Waals surface area contributed by atoms with Crippen molar-refractivity contribution in [3.05, 3.63) is 18.5 Å². The topological polar surface area (TPSA) is 58.6 Å². The Morgan fingerprint density at radius 2 is 2.19 bits per heavy atom. The molecular formula is C15H22N4O2. The molecule has 114 valence electrons. The lowest BCUT2D eigenvalue weighted by Gasteiger charge is -2.39. The molecule has 3 rings (SSSR count). The van der Waals surface area contributed by atoms with Gasteiger partial charge in [-0.2, -0.15) is 0 Å². The van der Waals surface area contributed by atoms with Crippen molar-refractivity contribution in [3.8, 4) is 0 Å². The Kier molecular flexibility index (Phi) is 3.80. The maximum atomic E-state index is 12.1. The summed E-state index contributed by atoms with van der Waals surface area (Å²) >= 11 is 0. The fourth-order valence-electron chi connectivity index (χ4n) is 3.35. The van der Waals surface area contributed by atoms with E-state index in [1.54, 1.807) is 31.4 Å². The summed E-state index contributed by atoms with van der Waals surface area (Å²) < 4.78 is 5.79. The first-order valence-electron chi connectivity index (χ1n) is 7.44. The van der Waals surface area contributed by atoms with E-state index in [0.717, 1.165) is 38.3 Å². The third-order valence-electron chi connectivity index (χ3n) is 4.42. The van der Waals surface area contributed by atoms with Crippen molar-refractivity contribution < 1.29 is 9.53 Å². The van der Waals surface area contributed by atoms with Gasteiger partial charge in [0.1, 0.15) is 6.10 Å². The lowest BCUT2D eigenvalue weighted by molar-refractivity contribution is -0.138. The molecular weight excluding hydrogens is 268 g/mol. The molecule has 2 atom stereocenters. The summed E-state index contributed by atoms with van der Waals surface area (Å²) in [5.74, 6) is 0.846. The molecule has 0 aliphatic carbocycles. The third-order valence-corrected chi connectivity index (χ3v) is 4.42. The average molecular weight is 290 g/mol. The van der Waals surface area contributed by atoms with Crippen LogP contribution in [0.1, 0.15) is 19.3 Å². The highest BCUT2D eigenvalue weighted by Gasteiger charge is 2.46. The zero-order chi connectivity index (χ0) is 14.9. The van der Waals surface area contributed by atoms with Crippen LogP contribution in [0.3, 0.4) is 0 Å². The Hall–Kier alpha value is -1.69. The highest BCUT2D eigenvalue weighted by molar-refractivity contribution is 5.80. The monoisotopic (exact) mass is 290 g/mol. The molecule has 0 saturated carbocycles. The van der Waals surface area contributed by atoms with E-state index in [0.29, 0.717) is 6.61 Å². The van der Waals surface area contributed by atoms with Gasteiger partial charge in [0.15, 0.2) is 0 Å². The second-order valence-corrected chi connectivity index (χ2v) is 6.31. The molecule has 6 heteroatoms. The molecule has 1 amide bonds. The summed E-state index contributed by atoms with van der Waals surface area (Å²) in [7, 11) is 3.56. The van der Waals surface area contributed by atoms with Gasteiger partial charge in [0, 0.05) is 45.0 Å². The molecule has 0 aromatic carbocycles. The van der Waals surface area contributed by atoms with Gasteiger partial charge in [0.25, 0.3) is 5.91 Å². The first kappa shape index (κ1) is 14.3. The number of anilines is 1. The van der Waals surface area contributed by atoms with E-state index in [2.05, 4.69) is 14.9 Å². The van der Waals surface area contributed by atoms with Crippen LogP contribution in [0, 0.1) is 5.41 Å². The van der Waals surface area contributed by atoms with Crippen LogP contribution in [-0.2, 0) is 9.53 Å². The lowest BCUT2D eigenvalue weighted by Crippen LogP contribution is -2.45. The first-order chi connectivity index (χ1) is 10.1. The third kappa shape index (κ3) is 2.85. The van der Waals surface area contributed by atoms with Crippen LogP contribution in [0.15, 0.2) is 18.5 Å². The number of amides is 1. The molecule has 2 saturated heterocycles. The molecule has 2 fully saturated rings. The van der Waals surface area contributed by atoms with Gasteiger partial charge in [0.2, 0.25) is 5.95 Å². The molecule has 2 aliphatic heterocycles. The maximum Gasteiger partial charge on any atom is 0.251 e. The van der Waals surface area contributed by atoms with Gasteiger partial charge in [0.05, 0.1) is 6.61 Å². The number of carbonyl (C=O) groups excluding carboxylic acids is 1. The van der Waals surface area contributed by atoms with E-state index in [1.165, 1.54) is 0 Å². The Morgan fingerprint density at radius 1 is 1.43 bits per heavy atom. The molecule has 2 aliphatic rings. The second-order valence-electron chi connectivity index (χ2n) is 6.31. The lowest BCUT2D eigenvalue weighted by atomic mass is 9.78. The van der Waals surface area contributed by atoms with Crippen molar-refractivity contribution in [2.24, 2.45) is 5.41 Å². The van der Waals surface area contributed by atoms with Crippen molar-refractivity contribution in [2.45, 2.75) is 25.4 Å². The quantitative estimate of drug-likeness (QED) is 0.811. The maximum absolute atomic E-state index is 12.1. The van der Waals surface area contributed by atoms with E-state index in [9.17, 15) is 4.79 Å². The predicted molar refractivity (Wildman–Crippen MR) is 79.0 cm³/mol. The number of likely N-dealkylation sites (N-methyl/N-ethyl adjacent to an activating group) is 1. The fraction of sp³-hybridized carbons (Fsp3) is 0.667. The number of carbonyl (C=O) groups is 1. The van der Waals surface area contributed by atoms with Gasteiger partial charge in [-0.1, -0.05) is 0 Å². The van der Waals surface area contributed by atoms with Crippen molar-refractivity contribution in [2.75, 3.05) is 38.7 Å². The summed E-state index contributed by atoms with van der Waals surface area (Å²) in [6.07, 6.45) is 6.24. The summed E-state index contributed by atoms with van der Waals surface area (Å²) in [4.78, 5) is 24.6. The van der Waals surface area contributed by atoms with E-state index in [1.807, 2.05) is 6.07 Å². The first-order valence-corrected chi connectivity index (χ1v) is 7.44. The molecule has 6 nitrogen and oxygen atoms in total. The molecule has 1 aromatic heterocycles. The number of hydrogen-bond donors (Lipinski definition) is 0. The number of aromatic nitrogens is 2. The SMILES string of the molecule is CN(C)C(=O)[C@@H]1C[C@@]2(CCCN(c3ncccn3)C2)CO1. The van der Waals surface area contributed by atoms with Gasteiger partial charge in [-0.3, -0.25) is 4.79 Å². The van der Waals surface area contributed by atoms with E-state index in [-0.39, 0.29) is 17.4 Å². The summed E-state index contributed by atoms with van der Waals surface area (Å²) in [5.41, 5.74) is 0.0633. The van der Waals surface area contributed by atoms with Crippen molar-refractivity contribution >= 4 is 11.9 Å². The van der Waals surface area contributed by atoms with Crippen LogP contribution < -0.4 is 4.90 Å². The average Bonchev–Trinajstić information content (AvgIpc) is 2.90. The Balaban J connectivity index is 1.70. The summed E-state index contributed by atoms with van der Waals surface area (Å²) in [6, 6.07) is 1.83. The number of ether oxygens (including phenoxy) is 1. The van der Waals surface area contributed by atoms with E-state index < -0.39 is 0 Å². The Labute approximate surface area is 125 Å². The van der Waals surface area contributed by atoms with Crippen LogP contribution in [0.2, 0.25) is 0 Å². The Bertz CT molecular complexity index is 508. The summed E-state index contributed by atoms with van der Waals surface area (Å²) in [6.45, 7) is 2.49. The Morgan fingerprint density at radius 3 is 2.90 bits per heavy atom. The van der Waals surface area contributed by atoms with Gasteiger partial charge >= 0.3 is 0 Å². The van der Waals surface area contributed by atoms with Crippen molar-refractivity contribution in [1.82, 2.24) is 14.9 Å². The molecule has 0 bridgehead atoms. The van der Waals surface area contributed by atoms with Crippen LogP contribution in [0.25, 0.3) is 0 Å². The molecule has 21 heavy (non-hydrogen) atoms. The molecule has 0 radical (unpaired) electrons. The zero-order valence-corrected chi connectivity index (χ0v) is 12.7. The minimum absolute atomic E-state index is 0.0633. The number of hydrogen-bond acceptors (Lipinski definition) is 5.